The van der Waals surface area contributed by atoms with Crippen molar-refractivity contribution in [3.63, 3.8) is 0 Å². The van der Waals surface area contributed by atoms with Crippen molar-refractivity contribution >= 4 is 11.8 Å². The van der Waals surface area contributed by atoms with E-state index in [9.17, 15) is 9.90 Å². The van der Waals surface area contributed by atoms with Crippen LogP contribution in [0.5, 0.6) is 0 Å². The Hall–Kier alpha value is -1.62. The molecule has 1 aromatic rings. The molecule has 1 aromatic heterocycles. The summed E-state index contributed by atoms with van der Waals surface area (Å²) in [5.41, 5.74) is 1.19. The minimum atomic E-state index is -0.885. The molecule has 2 rings (SSSR count). The molecule has 0 amide bonds. The molecule has 1 saturated heterocycles. The number of aromatic carboxylic acids is 1. The van der Waals surface area contributed by atoms with Crippen LogP contribution in [0.3, 0.4) is 0 Å². The van der Waals surface area contributed by atoms with E-state index in [1.807, 2.05) is 7.05 Å². The van der Waals surface area contributed by atoms with Gasteiger partial charge in [-0.25, -0.2) is 9.78 Å². The van der Waals surface area contributed by atoms with E-state index in [1.165, 1.54) is 25.9 Å². The van der Waals surface area contributed by atoms with E-state index in [0.717, 1.165) is 37.4 Å². The molecule has 0 atom stereocenters. The van der Waals surface area contributed by atoms with Gasteiger partial charge in [-0.2, -0.15) is 0 Å². The minimum Gasteiger partial charge on any atom is -0.478 e. The van der Waals surface area contributed by atoms with Gasteiger partial charge in [0.25, 0.3) is 0 Å². The van der Waals surface area contributed by atoms with E-state index in [4.69, 9.17) is 0 Å². The number of carboxylic acids is 1. The molecule has 0 radical (unpaired) electrons. The number of carboxylic acid groups (broad SMARTS) is 1. The van der Waals surface area contributed by atoms with Crippen molar-refractivity contribution in [3.05, 3.63) is 23.4 Å². The van der Waals surface area contributed by atoms with Crippen LogP contribution < -0.4 is 4.90 Å². The van der Waals surface area contributed by atoms with E-state index in [0.29, 0.717) is 5.56 Å². The number of anilines is 1. The molecular weight excluding hydrogens is 266 g/mol. The van der Waals surface area contributed by atoms with E-state index in [1.54, 1.807) is 12.1 Å². The summed E-state index contributed by atoms with van der Waals surface area (Å²) in [7, 11) is 1.99. The van der Waals surface area contributed by atoms with Crippen molar-refractivity contribution in [1.82, 2.24) is 9.88 Å². The maximum Gasteiger partial charge on any atom is 0.335 e. The quantitative estimate of drug-likeness (QED) is 0.835. The zero-order valence-corrected chi connectivity index (χ0v) is 13.0. The summed E-state index contributed by atoms with van der Waals surface area (Å²) in [4.78, 5) is 20.3. The fraction of sp³-hybridized carbons (Fsp3) is 0.625. The standard InChI is InChI=1S/C16H25N3O2/c1-3-6-14-11-13(16(20)21)12-15(17-14)18(2)9-10-19-7-4-5-8-19/h11-12H,3-10H2,1-2H3,(H,20,21). The summed E-state index contributed by atoms with van der Waals surface area (Å²) in [6.45, 7) is 6.32. The first kappa shape index (κ1) is 15.8. The third kappa shape index (κ3) is 4.43. The molecular formula is C16H25N3O2. The molecule has 116 valence electrons. The maximum absolute atomic E-state index is 11.2. The number of aryl methyl sites for hydroxylation is 1. The Balaban J connectivity index is 2.06. The number of rotatable bonds is 7. The molecule has 1 aliphatic rings. The number of nitrogens with zero attached hydrogens (tertiary/aromatic N) is 3. The first-order valence-corrected chi connectivity index (χ1v) is 7.78. The second-order valence-corrected chi connectivity index (χ2v) is 5.73. The number of carbonyl (C=O) groups is 1. The lowest BCUT2D eigenvalue weighted by atomic mass is 10.1. The summed E-state index contributed by atoms with van der Waals surface area (Å²) in [6, 6.07) is 3.36. The number of likely N-dealkylation sites (N-methyl/N-ethyl adjacent to an activating group) is 1. The van der Waals surface area contributed by atoms with Gasteiger partial charge in [-0.3, -0.25) is 0 Å². The first-order chi connectivity index (χ1) is 10.1. The van der Waals surface area contributed by atoms with Crippen molar-refractivity contribution in [2.75, 3.05) is 38.1 Å². The van der Waals surface area contributed by atoms with Crippen LogP contribution in [-0.4, -0.2) is 54.2 Å². The third-order valence-electron chi connectivity index (χ3n) is 3.96. The number of pyridine rings is 1. The fourth-order valence-electron chi connectivity index (χ4n) is 2.69. The lowest BCUT2D eigenvalue weighted by Gasteiger charge is -2.23. The number of aromatic nitrogens is 1. The second-order valence-electron chi connectivity index (χ2n) is 5.73. The molecule has 2 heterocycles. The highest BCUT2D eigenvalue weighted by Crippen LogP contribution is 2.16. The molecule has 0 bridgehead atoms. The molecule has 1 N–H and O–H groups in total. The number of hydrogen-bond donors (Lipinski definition) is 1. The van der Waals surface area contributed by atoms with Crippen LogP contribution in [0, 0.1) is 0 Å². The number of hydrogen-bond acceptors (Lipinski definition) is 4. The zero-order chi connectivity index (χ0) is 15.2. The van der Waals surface area contributed by atoms with E-state index in [-0.39, 0.29) is 0 Å². The van der Waals surface area contributed by atoms with Gasteiger partial charge >= 0.3 is 5.97 Å². The molecule has 21 heavy (non-hydrogen) atoms. The smallest absolute Gasteiger partial charge is 0.335 e. The Bertz CT molecular complexity index is 484. The van der Waals surface area contributed by atoms with Crippen LogP contribution in [0.4, 0.5) is 5.82 Å². The Morgan fingerprint density at radius 3 is 2.71 bits per heavy atom. The highest BCUT2D eigenvalue weighted by atomic mass is 16.4. The second kappa shape index (κ2) is 7.41. The van der Waals surface area contributed by atoms with Crippen molar-refractivity contribution < 1.29 is 9.90 Å². The molecule has 0 unspecified atom stereocenters. The van der Waals surface area contributed by atoms with Crippen LogP contribution in [-0.2, 0) is 6.42 Å². The topological polar surface area (TPSA) is 56.7 Å². The molecule has 0 saturated carbocycles. The molecule has 5 nitrogen and oxygen atoms in total. The minimum absolute atomic E-state index is 0.330. The van der Waals surface area contributed by atoms with E-state index >= 15 is 0 Å². The van der Waals surface area contributed by atoms with Crippen LogP contribution in [0.2, 0.25) is 0 Å². The Morgan fingerprint density at radius 2 is 2.10 bits per heavy atom. The summed E-state index contributed by atoms with van der Waals surface area (Å²) in [6.07, 6.45) is 4.36. The lowest BCUT2D eigenvalue weighted by molar-refractivity contribution is 0.0696. The largest absolute Gasteiger partial charge is 0.478 e. The van der Waals surface area contributed by atoms with Gasteiger partial charge in [-0.15, -0.1) is 0 Å². The van der Waals surface area contributed by atoms with Crippen LogP contribution in [0.15, 0.2) is 12.1 Å². The van der Waals surface area contributed by atoms with Crippen LogP contribution >= 0.6 is 0 Å². The molecule has 1 fully saturated rings. The molecule has 0 spiro atoms. The highest BCUT2D eigenvalue weighted by Gasteiger charge is 2.14. The third-order valence-corrected chi connectivity index (χ3v) is 3.96. The van der Waals surface area contributed by atoms with E-state index in [2.05, 4.69) is 21.7 Å². The summed E-state index contributed by atoms with van der Waals surface area (Å²) in [5.74, 6) is -0.124. The number of likely N-dealkylation sites (tertiary alicyclic amines) is 1. The summed E-state index contributed by atoms with van der Waals surface area (Å²) in [5, 5.41) is 9.23. The summed E-state index contributed by atoms with van der Waals surface area (Å²) >= 11 is 0. The lowest BCUT2D eigenvalue weighted by Crippen LogP contribution is -2.32. The SMILES string of the molecule is CCCc1cc(C(=O)O)cc(N(C)CCN2CCCC2)n1. The van der Waals surface area contributed by atoms with Gasteiger partial charge in [0.05, 0.1) is 5.56 Å². The highest BCUT2D eigenvalue weighted by molar-refractivity contribution is 5.88. The van der Waals surface area contributed by atoms with Gasteiger partial charge in [0.2, 0.25) is 0 Å². The normalized spacial score (nSPS) is 15.3. The Morgan fingerprint density at radius 1 is 1.38 bits per heavy atom. The van der Waals surface area contributed by atoms with Gasteiger partial charge in [-0.1, -0.05) is 13.3 Å². The van der Waals surface area contributed by atoms with Crippen molar-refractivity contribution in [1.29, 1.82) is 0 Å². The van der Waals surface area contributed by atoms with Crippen molar-refractivity contribution in [3.8, 4) is 0 Å². The summed E-state index contributed by atoms with van der Waals surface area (Å²) < 4.78 is 0. The van der Waals surface area contributed by atoms with Crippen molar-refractivity contribution in [2.24, 2.45) is 0 Å². The monoisotopic (exact) mass is 291 g/mol. The van der Waals surface area contributed by atoms with Crippen LogP contribution in [0.25, 0.3) is 0 Å². The average Bonchev–Trinajstić information content (AvgIpc) is 2.98. The van der Waals surface area contributed by atoms with Gasteiger partial charge in [0.15, 0.2) is 0 Å². The van der Waals surface area contributed by atoms with Gasteiger partial charge in [-0.05, 0) is 44.5 Å². The molecule has 5 heteroatoms. The predicted molar refractivity (Wildman–Crippen MR) is 84.1 cm³/mol. The van der Waals surface area contributed by atoms with Crippen molar-refractivity contribution in [2.45, 2.75) is 32.6 Å². The van der Waals surface area contributed by atoms with Gasteiger partial charge in [0.1, 0.15) is 5.82 Å². The molecule has 1 aliphatic heterocycles. The van der Waals surface area contributed by atoms with Crippen LogP contribution in [0.1, 0.15) is 42.2 Å². The average molecular weight is 291 g/mol. The maximum atomic E-state index is 11.2. The zero-order valence-electron chi connectivity index (χ0n) is 13.0. The van der Waals surface area contributed by atoms with Gasteiger partial charge in [0, 0.05) is 25.8 Å². The predicted octanol–water partition coefficient (Wildman–Crippen LogP) is 2.26. The molecule has 0 aliphatic carbocycles. The first-order valence-electron chi connectivity index (χ1n) is 7.78. The van der Waals surface area contributed by atoms with Gasteiger partial charge < -0.3 is 14.9 Å². The Kier molecular flexibility index (Phi) is 5.56. The van der Waals surface area contributed by atoms with E-state index < -0.39 is 5.97 Å². The molecule has 0 aromatic carbocycles. The fourth-order valence-corrected chi connectivity index (χ4v) is 2.69. The Labute approximate surface area is 126 Å².